The predicted molar refractivity (Wildman–Crippen MR) is 54.8 cm³/mol. The summed E-state index contributed by atoms with van der Waals surface area (Å²) in [6.07, 6.45) is 2.97. The largest absolute Gasteiger partial charge is 0.329 e. The zero-order valence-corrected chi connectivity index (χ0v) is 8.53. The minimum Gasteiger partial charge on any atom is -0.329 e. The third kappa shape index (κ3) is 1.91. The van der Waals surface area contributed by atoms with Crippen molar-refractivity contribution < 1.29 is 0 Å². The minimum absolute atomic E-state index is 0.724. The molecule has 0 saturated heterocycles. The summed E-state index contributed by atoms with van der Waals surface area (Å²) in [5.74, 6) is 0.871. The van der Waals surface area contributed by atoms with Crippen LogP contribution in [0.4, 0.5) is 0 Å². The Balaban J connectivity index is 2.15. The first-order valence-electron chi connectivity index (χ1n) is 5.03. The average molecular weight is 192 g/mol. The molecule has 2 N–H and O–H groups in total. The molecule has 1 aliphatic heterocycles. The van der Waals surface area contributed by atoms with E-state index in [9.17, 15) is 0 Å². The molecular formula is C10H16N4. The highest BCUT2D eigenvalue weighted by Crippen LogP contribution is 2.15. The Morgan fingerprint density at radius 3 is 3.21 bits per heavy atom. The average Bonchev–Trinajstić information content (AvgIpc) is 2.19. The maximum Gasteiger partial charge on any atom is 0.125 e. The van der Waals surface area contributed by atoms with Gasteiger partial charge < -0.3 is 5.73 Å². The zero-order chi connectivity index (χ0) is 9.97. The van der Waals surface area contributed by atoms with Crippen LogP contribution in [-0.4, -0.2) is 34.5 Å². The second-order valence-corrected chi connectivity index (χ2v) is 3.70. The molecule has 0 bridgehead atoms. The highest BCUT2D eigenvalue weighted by molar-refractivity contribution is 5.20. The molecule has 1 aliphatic rings. The van der Waals surface area contributed by atoms with Crippen molar-refractivity contribution in [1.82, 2.24) is 14.9 Å². The highest BCUT2D eigenvalue weighted by Gasteiger charge is 2.16. The van der Waals surface area contributed by atoms with E-state index in [1.54, 1.807) is 0 Å². The predicted octanol–water partition coefficient (Wildman–Crippen LogP) is 0.102. The lowest BCUT2D eigenvalue weighted by atomic mass is 10.1. The first kappa shape index (κ1) is 9.55. The van der Waals surface area contributed by atoms with Gasteiger partial charge in [0.1, 0.15) is 5.82 Å². The second-order valence-electron chi connectivity index (χ2n) is 3.70. The molecule has 0 aliphatic carbocycles. The van der Waals surface area contributed by atoms with Crippen LogP contribution in [0.1, 0.15) is 17.1 Å². The van der Waals surface area contributed by atoms with Gasteiger partial charge in [0.25, 0.3) is 0 Å². The normalized spacial score (nSPS) is 16.7. The van der Waals surface area contributed by atoms with Crippen molar-refractivity contribution in [2.24, 2.45) is 5.73 Å². The van der Waals surface area contributed by atoms with Crippen molar-refractivity contribution >= 4 is 0 Å². The van der Waals surface area contributed by atoms with Gasteiger partial charge in [-0.25, -0.2) is 9.97 Å². The first-order chi connectivity index (χ1) is 6.79. The van der Waals surface area contributed by atoms with Crippen LogP contribution in [0.15, 0.2) is 6.20 Å². The van der Waals surface area contributed by atoms with Gasteiger partial charge >= 0.3 is 0 Å². The van der Waals surface area contributed by atoms with Gasteiger partial charge in [-0.1, -0.05) is 0 Å². The Bertz CT molecular complexity index is 324. The molecule has 0 atom stereocenters. The SMILES string of the molecule is Cc1ncc2c(n1)CCN(CCN)C2. The topological polar surface area (TPSA) is 55.0 Å². The van der Waals surface area contributed by atoms with Crippen molar-refractivity contribution in [3.63, 3.8) is 0 Å². The number of nitrogens with zero attached hydrogens (tertiary/aromatic N) is 3. The lowest BCUT2D eigenvalue weighted by molar-refractivity contribution is 0.258. The van der Waals surface area contributed by atoms with Gasteiger partial charge in [-0.3, -0.25) is 4.90 Å². The number of rotatable bonds is 2. The molecule has 0 spiro atoms. The molecule has 14 heavy (non-hydrogen) atoms. The number of nitrogens with two attached hydrogens (primary N) is 1. The minimum atomic E-state index is 0.724. The molecule has 0 radical (unpaired) electrons. The Morgan fingerprint density at radius 2 is 2.43 bits per heavy atom. The van der Waals surface area contributed by atoms with E-state index in [-0.39, 0.29) is 0 Å². The van der Waals surface area contributed by atoms with Gasteiger partial charge in [0.2, 0.25) is 0 Å². The van der Waals surface area contributed by atoms with Gasteiger partial charge in [0.05, 0.1) is 0 Å². The van der Waals surface area contributed by atoms with Gasteiger partial charge in [-0.05, 0) is 6.92 Å². The summed E-state index contributed by atoms with van der Waals surface area (Å²) in [5.41, 5.74) is 8.00. The van der Waals surface area contributed by atoms with Crippen molar-refractivity contribution in [1.29, 1.82) is 0 Å². The Kier molecular flexibility index (Phi) is 2.74. The molecule has 1 aromatic heterocycles. The summed E-state index contributed by atoms with van der Waals surface area (Å²) >= 11 is 0. The van der Waals surface area contributed by atoms with Crippen molar-refractivity contribution in [3.8, 4) is 0 Å². The summed E-state index contributed by atoms with van der Waals surface area (Å²) in [6.45, 7) is 5.65. The van der Waals surface area contributed by atoms with E-state index in [0.29, 0.717) is 0 Å². The molecule has 0 unspecified atom stereocenters. The van der Waals surface area contributed by atoms with Crippen LogP contribution < -0.4 is 5.73 Å². The second kappa shape index (κ2) is 4.02. The molecule has 4 heteroatoms. The molecule has 2 rings (SSSR count). The summed E-state index contributed by atoms with van der Waals surface area (Å²) < 4.78 is 0. The number of hydrogen-bond donors (Lipinski definition) is 1. The van der Waals surface area contributed by atoms with Gasteiger partial charge in [0, 0.05) is 50.1 Å². The standard InChI is InChI=1S/C10H16N4/c1-8-12-6-9-7-14(5-3-11)4-2-10(9)13-8/h6H,2-5,7,11H2,1H3. The third-order valence-electron chi connectivity index (χ3n) is 2.58. The van der Waals surface area contributed by atoms with Crippen molar-refractivity contribution in [2.45, 2.75) is 19.9 Å². The van der Waals surface area contributed by atoms with Crippen molar-refractivity contribution in [2.75, 3.05) is 19.6 Å². The smallest absolute Gasteiger partial charge is 0.125 e. The summed E-state index contributed by atoms with van der Waals surface area (Å²) in [7, 11) is 0. The van der Waals surface area contributed by atoms with E-state index in [1.807, 2.05) is 13.1 Å². The fraction of sp³-hybridized carbons (Fsp3) is 0.600. The van der Waals surface area contributed by atoms with Crippen LogP contribution >= 0.6 is 0 Å². The Labute approximate surface area is 84.2 Å². The fourth-order valence-corrected chi connectivity index (χ4v) is 1.85. The van der Waals surface area contributed by atoms with Gasteiger partial charge in [-0.2, -0.15) is 0 Å². The summed E-state index contributed by atoms with van der Waals surface area (Å²) in [6, 6.07) is 0. The van der Waals surface area contributed by atoms with Crippen LogP contribution in [0.5, 0.6) is 0 Å². The molecule has 1 aromatic rings. The quantitative estimate of drug-likeness (QED) is 0.722. The Hall–Kier alpha value is -1.00. The third-order valence-corrected chi connectivity index (χ3v) is 2.58. The summed E-state index contributed by atoms with van der Waals surface area (Å²) in [5, 5.41) is 0. The van der Waals surface area contributed by atoms with E-state index in [4.69, 9.17) is 5.73 Å². The van der Waals surface area contributed by atoms with Gasteiger partial charge in [0.15, 0.2) is 0 Å². The lowest BCUT2D eigenvalue weighted by Gasteiger charge is -2.27. The van der Waals surface area contributed by atoms with E-state index >= 15 is 0 Å². The molecule has 2 heterocycles. The molecule has 0 fully saturated rings. The molecule has 76 valence electrons. The molecule has 0 amide bonds. The number of aryl methyl sites for hydroxylation is 1. The van der Waals surface area contributed by atoms with E-state index in [0.717, 1.165) is 38.4 Å². The molecule has 0 aromatic carbocycles. The van der Waals surface area contributed by atoms with E-state index in [2.05, 4.69) is 14.9 Å². The van der Waals surface area contributed by atoms with Crippen LogP contribution in [-0.2, 0) is 13.0 Å². The first-order valence-corrected chi connectivity index (χ1v) is 5.03. The maximum atomic E-state index is 5.53. The maximum absolute atomic E-state index is 5.53. The fourth-order valence-electron chi connectivity index (χ4n) is 1.85. The Morgan fingerprint density at radius 1 is 1.57 bits per heavy atom. The highest BCUT2D eigenvalue weighted by atomic mass is 15.1. The van der Waals surface area contributed by atoms with Gasteiger partial charge in [-0.15, -0.1) is 0 Å². The zero-order valence-electron chi connectivity index (χ0n) is 8.53. The van der Waals surface area contributed by atoms with Crippen LogP contribution in [0, 0.1) is 6.92 Å². The molecular weight excluding hydrogens is 176 g/mol. The molecule has 4 nitrogen and oxygen atoms in total. The number of fused-ring (bicyclic) bond motifs is 1. The lowest BCUT2D eigenvalue weighted by Crippen LogP contribution is -2.35. The monoisotopic (exact) mass is 192 g/mol. The van der Waals surface area contributed by atoms with E-state index in [1.165, 1.54) is 11.3 Å². The van der Waals surface area contributed by atoms with Crippen LogP contribution in [0.2, 0.25) is 0 Å². The van der Waals surface area contributed by atoms with E-state index < -0.39 is 0 Å². The summed E-state index contributed by atoms with van der Waals surface area (Å²) in [4.78, 5) is 11.0. The number of hydrogen-bond acceptors (Lipinski definition) is 4. The van der Waals surface area contributed by atoms with Crippen LogP contribution in [0.3, 0.4) is 0 Å². The van der Waals surface area contributed by atoms with Crippen molar-refractivity contribution in [3.05, 3.63) is 23.3 Å². The number of aromatic nitrogens is 2. The molecule has 0 saturated carbocycles. The van der Waals surface area contributed by atoms with Crippen LogP contribution in [0.25, 0.3) is 0 Å².